The fourth-order valence-corrected chi connectivity index (χ4v) is 2.94. The van der Waals surface area contributed by atoms with Crippen LogP contribution in [0.1, 0.15) is 31.2 Å². The summed E-state index contributed by atoms with van der Waals surface area (Å²) in [6.07, 6.45) is 2.28. The number of aryl methyl sites for hydroxylation is 1. The Labute approximate surface area is 120 Å². The van der Waals surface area contributed by atoms with E-state index in [1.165, 1.54) is 0 Å². The molecule has 1 aromatic rings. The lowest BCUT2D eigenvalue weighted by Crippen LogP contribution is -2.40. The molecule has 0 saturated carbocycles. The first-order valence-electron chi connectivity index (χ1n) is 6.98. The van der Waals surface area contributed by atoms with Crippen molar-refractivity contribution in [2.75, 3.05) is 31.6 Å². The van der Waals surface area contributed by atoms with Crippen LogP contribution in [0.15, 0.2) is 0 Å². The summed E-state index contributed by atoms with van der Waals surface area (Å²) in [5.74, 6) is 1.76. The topological polar surface area (TPSA) is 32.3 Å². The van der Waals surface area contributed by atoms with Crippen LogP contribution < -0.4 is 4.90 Å². The Balaban J connectivity index is 2.37. The van der Waals surface area contributed by atoms with Crippen LogP contribution in [0.2, 0.25) is 5.15 Å². The van der Waals surface area contributed by atoms with Gasteiger partial charge in [-0.25, -0.2) is 9.97 Å². The quantitative estimate of drug-likeness (QED) is 0.781. The van der Waals surface area contributed by atoms with Crippen molar-refractivity contribution in [3.05, 3.63) is 16.5 Å². The predicted octanol–water partition coefficient (Wildman–Crippen LogP) is 2.67. The molecule has 1 saturated heterocycles. The van der Waals surface area contributed by atoms with Gasteiger partial charge in [-0.15, -0.1) is 0 Å². The molecule has 2 heterocycles. The molecule has 0 aliphatic carbocycles. The van der Waals surface area contributed by atoms with E-state index in [1.54, 1.807) is 0 Å². The number of rotatable bonds is 2. The fourth-order valence-electron chi connectivity index (χ4n) is 2.73. The van der Waals surface area contributed by atoms with Gasteiger partial charge in [-0.05, 0) is 40.3 Å². The number of halogens is 1. The Morgan fingerprint density at radius 2 is 2.00 bits per heavy atom. The van der Waals surface area contributed by atoms with E-state index in [0.717, 1.165) is 49.7 Å². The van der Waals surface area contributed by atoms with Crippen LogP contribution in [0.5, 0.6) is 0 Å². The standard InChI is InChI=1S/C14H23ClN4/c1-5-12-9-18(4)7-6-8-19(12)14-10(2)13(15)16-11(3)17-14/h12H,5-9H2,1-4H3. The summed E-state index contributed by atoms with van der Waals surface area (Å²) >= 11 is 6.21. The van der Waals surface area contributed by atoms with E-state index in [0.29, 0.717) is 11.2 Å². The summed E-state index contributed by atoms with van der Waals surface area (Å²) < 4.78 is 0. The second-order valence-electron chi connectivity index (χ2n) is 5.38. The summed E-state index contributed by atoms with van der Waals surface area (Å²) in [4.78, 5) is 13.7. The number of likely N-dealkylation sites (N-methyl/N-ethyl adjacent to an activating group) is 1. The van der Waals surface area contributed by atoms with Crippen molar-refractivity contribution < 1.29 is 0 Å². The lowest BCUT2D eigenvalue weighted by Gasteiger charge is -2.32. The smallest absolute Gasteiger partial charge is 0.137 e. The third-order valence-corrected chi connectivity index (χ3v) is 4.19. The Morgan fingerprint density at radius 1 is 1.26 bits per heavy atom. The zero-order valence-electron chi connectivity index (χ0n) is 12.3. The molecule has 1 fully saturated rings. The highest BCUT2D eigenvalue weighted by molar-refractivity contribution is 6.30. The van der Waals surface area contributed by atoms with Gasteiger partial charge in [0.2, 0.25) is 0 Å². The SMILES string of the molecule is CCC1CN(C)CCCN1c1nc(C)nc(Cl)c1C. The van der Waals surface area contributed by atoms with Gasteiger partial charge in [0.25, 0.3) is 0 Å². The molecule has 0 radical (unpaired) electrons. The third kappa shape index (κ3) is 3.18. The minimum atomic E-state index is 0.497. The van der Waals surface area contributed by atoms with Crippen molar-refractivity contribution in [1.29, 1.82) is 0 Å². The van der Waals surface area contributed by atoms with E-state index < -0.39 is 0 Å². The van der Waals surface area contributed by atoms with Crippen molar-refractivity contribution >= 4 is 17.4 Å². The van der Waals surface area contributed by atoms with E-state index in [4.69, 9.17) is 11.6 Å². The molecule has 0 bridgehead atoms. The van der Waals surface area contributed by atoms with Crippen molar-refractivity contribution in [3.63, 3.8) is 0 Å². The van der Waals surface area contributed by atoms with Gasteiger partial charge in [-0.2, -0.15) is 0 Å². The number of hydrogen-bond acceptors (Lipinski definition) is 4. The van der Waals surface area contributed by atoms with Crippen LogP contribution in [0.4, 0.5) is 5.82 Å². The van der Waals surface area contributed by atoms with Gasteiger partial charge in [-0.1, -0.05) is 18.5 Å². The molecule has 1 unspecified atom stereocenters. The Kier molecular flexibility index (Phi) is 4.63. The predicted molar refractivity (Wildman–Crippen MR) is 80.1 cm³/mol. The first-order valence-corrected chi connectivity index (χ1v) is 7.36. The van der Waals surface area contributed by atoms with Crippen molar-refractivity contribution in [2.24, 2.45) is 0 Å². The number of aromatic nitrogens is 2. The lowest BCUT2D eigenvalue weighted by atomic mass is 10.1. The van der Waals surface area contributed by atoms with Gasteiger partial charge in [0.05, 0.1) is 0 Å². The average molecular weight is 283 g/mol. The van der Waals surface area contributed by atoms with Crippen LogP contribution in [-0.4, -0.2) is 47.6 Å². The van der Waals surface area contributed by atoms with Crippen LogP contribution in [0.25, 0.3) is 0 Å². The monoisotopic (exact) mass is 282 g/mol. The van der Waals surface area contributed by atoms with Crippen LogP contribution in [0.3, 0.4) is 0 Å². The molecule has 0 aromatic carbocycles. The molecule has 2 rings (SSSR count). The first kappa shape index (κ1) is 14.5. The summed E-state index contributed by atoms with van der Waals surface area (Å²) in [6.45, 7) is 9.41. The highest BCUT2D eigenvalue weighted by Crippen LogP contribution is 2.27. The normalized spacial score (nSPS) is 21.5. The first-order chi connectivity index (χ1) is 9.02. The largest absolute Gasteiger partial charge is 0.352 e. The summed E-state index contributed by atoms with van der Waals surface area (Å²) in [5, 5.41) is 0.579. The van der Waals surface area contributed by atoms with Gasteiger partial charge >= 0.3 is 0 Å². The molecule has 1 aliphatic rings. The molecule has 0 spiro atoms. The zero-order chi connectivity index (χ0) is 14.0. The summed E-state index contributed by atoms with van der Waals surface area (Å²) in [6, 6.07) is 0.497. The van der Waals surface area contributed by atoms with Gasteiger partial charge in [0.1, 0.15) is 16.8 Å². The lowest BCUT2D eigenvalue weighted by molar-refractivity contribution is 0.327. The molecular formula is C14H23ClN4. The Hall–Kier alpha value is -0.870. The van der Waals surface area contributed by atoms with E-state index in [1.807, 2.05) is 13.8 Å². The van der Waals surface area contributed by atoms with Crippen LogP contribution >= 0.6 is 11.6 Å². The molecule has 4 nitrogen and oxygen atoms in total. The van der Waals surface area contributed by atoms with Crippen LogP contribution in [0, 0.1) is 13.8 Å². The molecule has 5 heteroatoms. The molecular weight excluding hydrogens is 260 g/mol. The van der Waals surface area contributed by atoms with Gasteiger partial charge in [-0.3, -0.25) is 0 Å². The maximum Gasteiger partial charge on any atom is 0.137 e. The molecule has 0 N–H and O–H groups in total. The van der Waals surface area contributed by atoms with Crippen molar-refractivity contribution in [2.45, 2.75) is 39.7 Å². The highest BCUT2D eigenvalue weighted by Gasteiger charge is 2.25. The maximum atomic E-state index is 6.21. The van der Waals surface area contributed by atoms with E-state index in [9.17, 15) is 0 Å². The molecule has 1 atom stereocenters. The highest BCUT2D eigenvalue weighted by atomic mass is 35.5. The number of anilines is 1. The van der Waals surface area contributed by atoms with E-state index in [2.05, 4.69) is 33.7 Å². The minimum Gasteiger partial charge on any atom is -0.352 e. The number of nitrogens with zero attached hydrogens (tertiary/aromatic N) is 4. The van der Waals surface area contributed by atoms with Crippen molar-refractivity contribution in [3.8, 4) is 0 Å². The summed E-state index contributed by atoms with van der Waals surface area (Å²) in [7, 11) is 2.19. The number of hydrogen-bond donors (Lipinski definition) is 0. The molecule has 1 aliphatic heterocycles. The van der Waals surface area contributed by atoms with E-state index in [-0.39, 0.29) is 0 Å². The second-order valence-corrected chi connectivity index (χ2v) is 5.74. The Bertz CT molecular complexity index is 449. The maximum absolute atomic E-state index is 6.21. The van der Waals surface area contributed by atoms with Gasteiger partial charge in [0.15, 0.2) is 0 Å². The second kappa shape index (κ2) is 6.06. The third-order valence-electron chi connectivity index (χ3n) is 3.82. The molecule has 1 aromatic heterocycles. The molecule has 0 amide bonds. The van der Waals surface area contributed by atoms with Crippen LogP contribution in [-0.2, 0) is 0 Å². The van der Waals surface area contributed by atoms with Crippen molar-refractivity contribution in [1.82, 2.24) is 14.9 Å². The Morgan fingerprint density at radius 3 is 2.68 bits per heavy atom. The van der Waals surface area contributed by atoms with Gasteiger partial charge < -0.3 is 9.80 Å². The van der Waals surface area contributed by atoms with E-state index >= 15 is 0 Å². The average Bonchev–Trinajstić information content (AvgIpc) is 2.55. The minimum absolute atomic E-state index is 0.497. The van der Waals surface area contributed by atoms with Gasteiger partial charge in [0, 0.05) is 24.7 Å². The summed E-state index contributed by atoms with van der Waals surface area (Å²) in [5.41, 5.74) is 0.996. The molecule has 106 valence electrons. The molecule has 19 heavy (non-hydrogen) atoms. The zero-order valence-corrected chi connectivity index (χ0v) is 13.0. The fraction of sp³-hybridized carbons (Fsp3) is 0.714.